The zero-order valence-corrected chi connectivity index (χ0v) is 9.02. The summed E-state index contributed by atoms with van der Waals surface area (Å²) in [7, 11) is 0. The molecule has 15 heavy (non-hydrogen) atoms. The van der Waals surface area contributed by atoms with Crippen LogP contribution in [-0.2, 0) is 11.3 Å². The van der Waals surface area contributed by atoms with E-state index in [2.05, 4.69) is 37.3 Å². The lowest BCUT2D eigenvalue weighted by molar-refractivity contribution is 0.0656. The molecule has 1 atom stereocenters. The fourth-order valence-electron chi connectivity index (χ4n) is 1.69. The number of rotatable bonds is 3. The minimum atomic E-state index is 0.259. The molecule has 0 heterocycles. The van der Waals surface area contributed by atoms with Gasteiger partial charge >= 0.3 is 0 Å². The molecule has 0 amide bonds. The Balaban J connectivity index is 1.89. The van der Waals surface area contributed by atoms with Crippen LogP contribution in [0.5, 0.6) is 0 Å². The average Bonchev–Trinajstić information content (AvgIpc) is 2.29. The van der Waals surface area contributed by atoms with Gasteiger partial charge in [0.05, 0.1) is 12.7 Å². The predicted molar refractivity (Wildman–Crippen MR) is 62.5 cm³/mol. The predicted octanol–water partition coefficient (Wildman–Crippen LogP) is 3.48. The molecule has 78 valence electrons. The maximum absolute atomic E-state index is 5.86. The Morgan fingerprint density at radius 1 is 1.27 bits per heavy atom. The molecule has 1 unspecified atom stereocenters. The van der Waals surface area contributed by atoms with Gasteiger partial charge in [0.2, 0.25) is 0 Å². The molecule has 1 nitrogen and oxygen atoms in total. The molecule has 0 N–H and O–H groups in total. The summed E-state index contributed by atoms with van der Waals surface area (Å²) in [5, 5.41) is 0. The molecule has 1 aromatic rings. The van der Waals surface area contributed by atoms with Crippen LogP contribution >= 0.6 is 0 Å². The number of allylic oxidation sites excluding steroid dienone is 2. The average molecular weight is 200 g/mol. The normalized spacial score (nSPS) is 20.1. The summed E-state index contributed by atoms with van der Waals surface area (Å²) in [6.07, 6.45) is 7.63. The third-order valence-corrected chi connectivity index (χ3v) is 2.65. The Kier molecular flexibility index (Phi) is 3.36. The summed E-state index contributed by atoms with van der Waals surface area (Å²) in [5.41, 5.74) is 2.55. The van der Waals surface area contributed by atoms with Gasteiger partial charge in [-0.15, -0.1) is 0 Å². The number of hydrogen-bond donors (Lipinski definition) is 0. The largest absolute Gasteiger partial charge is 0.369 e. The summed E-state index contributed by atoms with van der Waals surface area (Å²) < 4.78 is 5.86. The highest BCUT2D eigenvalue weighted by molar-refractivity contribution is 5.21. The van der Waals surface area contributed by atoms with Crippen molar-refractivity contribution in [3.8, 4) is 0 Å². The standard InChI is InChI=1S/C14H16O/c1-12-7-5-6-10-14(12)15-11-13-8-3-2-4-9-13/h2-9,14H,10-11H2,1H3. The van der Waals surface area contributed by atoms with E-state index >= 15 is 0 Å². The van der Waals surface area contributed by atoms with Crippen LogP contribution in [0.3, 0.4) is 0 Å². The van der Waals surface area contributed by atoms with Gasteiger partial charge in [0.15, 0.2) is 0 Å². The minimum absolute atomic E-state index is 0.259. The van der Waals surface area contributed by atoms with Gasteiger partial charge in [0.25, 0.3) is 0 Å². The topological polar surface area (TPSA) is 9.23 Å². The van der Waals surface area contributed by atoms with E-state index in [1.165, 1.54) is 11.1 Å². The molecular formula is C14H16O. The van der Waals surface area contributed by atoms with Gasteiger partial charge in [-0.1, -0.05) is 48.6 Å². The summed E-state index contributed by atoms with van der Waals surface area (Å²) in [5.74, 6) is 0. The Bertz CT molecular complexity index is 362. The quantitative estimate of drug-likeness (QED) is 0.725. The molecule has 0 radical (unpaired) electrons. The van der Waals surface area contributed by atoms with Crippen LogP contribution < -0.4 is 0 Å². The Labute approximate surface area is 91.1 Å². The third-order valence-electron chi connectivity index (χ3n) is 2.65. The van der Waals surface area contributed by atoms with Crippen molar-refractivity contribution < 1.29 is 4.74 Å². The van der Waals surface area contributed by atoms with Gasteiger partial charge in [-0.3, -0.25) is 0 Å². The van der Waals surface area contributed by atoms with Crippen molar-refractivity contribution in [1.29, 1.82) is 0 Å². The van der Waals surface area contributed by atoms with Crippen LogP contribution in [0.2, 0.25) is 0 Å². The van der Waals surface area contributed by atoms with Gasteiger partial charge in [-0.25, -0.2) is 0 Å². The molecular weight excluding hydrogens is 184 g/mol. The summed E-state index contributed by atoms with van der Waals surface area (Å²) in [6, 6.07) is 10.3. The van der Waals surface area contributed by atoms with E-state index in [4.69, 9.17) is 4.74 Å². The molecule has 0 aromatic heterocycles. The summed E-state index contributed by atoms with van der Waals surface area (Å²) >= 11 is 0. The van der Waals surface area contributed by atoms with Crippen molar-refractivity contribution in [2.24, 2.45) is 0 Å². The zero-order valence-electron chi connectivity index (χ0n) is 9.02. The highest BCUT2D eigenvalue weighted by atomic mass is 16.5. The van der Waals surface area contributed by atoms with E-state index in [0.29, 0.717) is 6.61 Å². The molecule has 0 aliphatic heterocycles. The number of hydrogen-bond acceptors (Lipinski definition) is 1. The van der Waals surface area contributed by atoms with Crippen LogP contribution in [0.1, 0.15) is 18.9 Å². The smallest absolute Gasteiger partial charge is 0.0824 e. The Hall–Kier alpha value is -1.34. The van der Waals surface area contributed by atoms with Gasteiger partial charge in [-0.05, 0) is 24.5 Å². The second-order valence-corrected chi connectivity index (χ2v) is 3.86. The van der Waals surface area contributed by atoms with E-state index in [-0.39, 0.29) is 6.10 Å². The van der Waals surface area contributed by atoms with E-state index in [1.807, 2.05) is 18.2 Å². The third kappa shape index (κ3) is 2.80. The Morgan fingerprint density at radius 3 is 2.80 bits per heavy atom. The van der Waals surface area contributed by atoms with E-state index in [0.717, 1.165) is 6.42 Å². The summed E-state index contributed by atoms with van der Waals surface area (Å²) in [4.78, 5) is 0. The molecule has 1 heteroatoms. The molecule has 0 saturated heterocycles. The van der Waals surface area contributed by atoms with Gasteiger partial charge < -0.3 is 4.74 Å². The zero-order chi connectivity index (χ0) is 10.5. The van der Waals surface area contributed by atoms with Crippen molar-refractivity contribution in [3.63, 3.8) is 0 Å². The van der Waals surface area contributed by atoms with Crippen LogP contribution in [0.15, 0.2) is 54.1 Å². The van der Waals surface area contributed by atoms with Gasteiger partial charge in [0.1, 0.15) is 0 Å². The monoisotopic (exact) mass is 200 g/mol. The maximum Gasteiger partial charge on any atom is 0.0824 e. The molecule has 0 bridgehead atoms. The van der Waals surface area contributed by atoms with E-state index in [9.17, 15) is 0 Å². The SMILES string of the molecule is CC1=CC=CCC1OCc1ccccc1. The molecule has 0 spiro atoms. The first kappa shape index (κ1) is 10.2. The number of benzene rings is 1. The second-order valence-electron chi connectivity index (χ2n) is 3.86. The molecule has 0 fully saturated rings. The summed E-state index contributed by atoms with van der Waals surface area (Å²) in [6.45, 7) is 2.82. The van der Waals surface area contributed by atoms with Crippen LogP contribution in [0.25, 0.3) is 0 Å². The first-order chi connectivity index (χ1) is 7.36. The maximum atomic E-state index is 5.86. The Morgan fingerprint density at radius 2 is 2.07 bits per heavy atom. The van der Waals surface area contributed by atoms with Crippen LogP contribution in [0, 0.1) is 0 Å². The van der Waals surface area contributed by atoms with E-state index < -0.39 is 0 Å². The van der Waals surface area contributed by atoms with Crippen LogP contribution in [-0.4, -0.2) is 6.10 Å². The highest BCUT2D eigenvalue weighted by Gasteiger charge is 2.11. The van der Waals surface area contributed by atoms with Crippen LogP contribution in [0.4, 0.5) is 0 Å². The lowest BCUT2D eigenvalue weighted by Crippen LogP contribution is -2.15. The molecule has 0 saturated carbocycles. The van der Waals surface area contributed by atoms with Crippen molar-refractivity contribution in [2.45, 2.75) is 26.1 Å². The molecule has 1 aliphatic carbocycles. The fraction of sp³-hybridized carbons (Fsp3) is 0.286. The molecule has 2 rings (SSSR count). The first-order valence-corrected chi connectivity index (χ1v) is 5.35. The fourth-order valence-corrected chi connectivity index (χ4v) is 1.69. The van der Waals surface area contributed by atoms with Crippen molar-refractivity contribution in [2.75, 3.05) is 0 Å². The second kappa shape index (κ2) is 4.94. The van der Waals surface area contributed by atoms with Crippen molar-refractivity contribution >= 4 is 0 Å². The lowest BCUT2D eigenvalue weighted by atomic mass is 10.0. The van der Waals surface area contributed by atoms with E-state index in [1.54, 1.807) is 0 Å². The first-order valence-electron chi connectivity index (χ1n) is 5.35. The lowest BCUT2D eigenvalue weighted by Gasteiger charge is -2.19. The number of ether oxygens (including phenoxy) is 1. The minimum Gasteiger partial charge on any atom is -0.369 e. The van der Waals surface area contributed by atoms with Crippen molar-refractivity contribution in [3.05, 3.63) is 59.7 Å². The highest BCUT2D eigenvalue weighted by Crippen LogP contribution is 2.17. The van der Waals surface area contributed by atoms with Crippen molar-refractivity contribution in [1.82, 2.24) is 0 Å². The molecule has 1 aromatic carbocycles. The van der Waals surface area contributed by atoms with Gasteiger partial charge in [-0.2, -0.15) is 0 Å². The van der Waals surface area contributed by atoms with Gasteiger partial charge in [0, 0.05) is 0 Å². The molecule has 1 aliphatic rings.